The first-order valence-electron chi connectivity index (χ1n) is 3.18. The van der Waals surface area contributed by atoms with Crippen LogP contribution in [0.25, 0.3) is 0 Å². The average molecular weight is 230 g/mol. The van der Waals surface area contributed by atoms with E-state index in [1.807, 2.05) is 0 Å². The van der Waals surface area contributed by atoms with Crippen LogP contribution in [0, 0.1) is 0 Å². The average Bonchev–Trinajstić information content (AvgIpc) is 2.05. The number of hydrogen-bond donors (Lipinski definition) is 0. The summed E-state index contributed by atoms with van der Waals surface area (Å²) in [6, 6.07) is 2.93. The maximum absolute atomic E-state index is 11.6. The monoisotopic (exact) mass is 229 g/mol. The van der Waals surface area contributed by atoms with Crippen molar-refractivity contribution in [3.05, 3.63) is 23.9 Å². The number of halogens is 4. The molecule has 0 radical (unpaired) electrons. The third-order valence-electron chi connectivity index (χ3n) is 1.16. The van der Waals surface area contributed by atoms with Crippen LogP contribution in [0.3, 0.4) is 0 Å². The van der Waals surface area contributed by atoms with Crippen LogP contribution in [-0.4, -0.2) is 11.6 Å². The van der Waals surface area contributed by atoms with Crippen LogP contribution in [0.4, 0.5) is 8.78 Å². The number of alkyl halides is 3. The second-order valence-corrected chi connectivity index (χ2v) is 2.28. The molecule has 74 valence electrons. The van der Waals surface area contributed by atoms with Gasteiger partial charge in [-0.25, -0.2) is 4.98 Å². The Bertz CT molecular complexity index is 243. The molecule has 0 saturated heterocycles. The molecule has 0 amide bonds. The summed E-state index contributed by atoms with van der Waals surface area (Å²) in [4.78, 5) is 3.60. The van der Waals surface area contributed by atoms with E-state index in [9.17, 15) is 8.78 Å². The molecule has 0 aromatic carbocycles. The van der Waals surface area contributed by atoms with Crippen molar-refractivity contribution >= 4 is 24.0 Å². The van der Waals surface area contributed by atoms with Crippen molar-refractivity contribution in [3.63, 3.8) is 0 Å². The molecule has 0 spiro atoms. The molecule has 0 bridgehead atoms. The van der Waals surface area contributed by atoms with Crippen molar-refractivity contribution in [1.29, 1.82) is 0 Å². The number of nitrogens with zero attached hydrogens (tertiary/aromatic N) is 1. The van der Waals surface area contributed by atoms with Gasteiger partial charge in [0.15, 0.2) is 0 Å². The Hall–Kier alpha value is -0.610. The first-order chi connectivity index (χ1) is 5.72. The highest BCUT2D eigenvalue weighted by molar-refractivity contribution is 6.17. The van der Waals surface area contributed by atoms with E-state index in [1.54, 1.807) is 6.07 Å². The van der Waals surface area contributed by atoms with E-state index < -0.39 is 6.61 Å². The highest BCUT2D eigenvalue weighted by Gasteiger charge is 2.04. The lowest BCUT2D eigenvalue weighted by Gasteiger charge is -2.02. The summed E-state index contributed by atoms with van der Waals surface area (Å²) in [5.41, 5.74) is 0.762. The summed E-state index contributed by atoms with van der Waals surface area (Å²) in [6.07, 6.45) is 1.39. The molecule has 0 fully saturated rings. The predicted molar refractivity (Wildman–Crippen MR) is 47.7 cm³/mol. The SMILES string of the molecule is Cl.FC(F)Oc1ccc(CCl)cn1. The van der Waals surface area contributed by atoms with Crippen LogP contribution >= 0.6 is 24.0 Å². The van der Waals surface area contributed by atoms with E-state index in [2.05, 4.69) is 9.72 Å². The van der Waals surface area contributed by atoms with Crippen molar-refractivity contribution in [2.45, 2.75) is 12.5 Å². The zero-order valence-corrected chi connectivity index (χ0v) is 7.99. The standard InChI is InChI=1S/C7H6ClF2NO.ClH/c8-3-5-1-2-6(11-4-5)12-7(9)10;/h1-2,4,7H,3H2;1H. The Morgan fingerprint density at radius 1 is 1.46 bits per heavy atom. The van der Waals surface area contributed by atoms with Gasteiger partial charge >= 0.3 is 6.61 Å². The van der Waals surface area contributed by atoms with Gasteiger partial charge in [0.25, 0.3) is 0 Å². The molecule has 0 aliphatic rings. The van der Waals surface area contributed by atoms with Crippen LogP contribution in [-0.2, 0) is 5.88 Å². The number of rotatable bonds is 3. The maximum atomic E-state index is 11.6. The molecule has 0 N–H and O–H groups in total. The predicted octanol–water partition coefficient (Wildman–Crippen LogP) is 2.84. The molecule has 0 saturated carbocycles. The van der Waals surface area contributed by atoms with Gasteiger partial charge in [-0.1, -0.05) is 6.07 Å². The fraction of sp³-hybridized carbons (Fsp3) is 0.286. The van der Waals surface area contributed by atoms with Crippen LogP contribution in [0.15, 0.2) is 18.3 Å². The largest absolute Gasteiger partial charge is 0.417 e. The van der Waals surface area contributed by atoms with E-state index in [1.165, 1.54) is 12.3 Å². The first-order valence-corrected chi connectivity index (χ1v) is 3.71. The van der Waals surface area contributed by atoms with Gasteiger partial charge < -0.3 is 4.74 Å². The Labute approximate surface area is 85.3 Å². The molecule has 1 heterocycles. The van der Waals surface area contributed by atoms with E-state index in [0.29, 0.717) is 5.88 Å². The second-order valence-electron chi connectivity index (χ2n) is 2.02. The summed E-state index contributed by atoms with van der Waals surface area (Å²) in [6.45, 7) is -2.83. The number of aromatic nitrogens is 1. The summed E-state index contributed by atoms with van der Waals surface area (Å²) < 4.78 is 27.3. The zero-order valence-electron chi connectivity index (χ0n) is 6.41. The van der Waals surface area contributed by atoms with Gasteiger partial charge in [0, 0.05) is 18.1 Å². The minimum Gasteiger partial charge on any atom is -0.417 e. The summed E-state index contributed by atoms with van der Waals surface area (Å²) in [5, 5.41) is 0. The van der Waals surface area contributed by atoms with Gasteiger partial charge in [0.1, 0.15) is 0 Å². The molecular weight excluding hydrogens is 223 g/mol. The summed E-state index contributed by atoms with van der Waals surface area (Å²) in [7, 11) is 0. The molecule has 1 aromatic heterocycles. The topological polar surface area (TPSA) is 22.1 Å². The molecule has 0 aliphatic heterocycles. The van der Waals surface area contributed by atoms with E-state index in [-0.39, 0.29) is 18.3 Å². The van der Waals surface area contributed by atoms with Gasteiger partial charge in [0.2, 0.25) is 5.88 Å². The van der Waals surface area contributed by atoms with Crippen molar-refractivity contribution < 1.29 is 13.5 Å². The Morgan fingerprint density at radius 3 is 2.54 bits per heavy atom. The highest BCUT2D eigenvalue weighted by Crippen LogP contribution is 2.11. The molecule has 0 unspecified atom stereocenters. The quantitative estimate of drug-likeness (QED) is 0.744. The normalized spacial score (nSPS) is 9.54. The molecule has 13 heavy (non-hydrogen) atoms. The van der Waals surface area contributed by atoms with Crippen molar-refractivity contribution in [3.8, 4) is 5.88 Å². The van der Waals surface area contributed by atoms with Gasteiger partial charge in [-0.2, -0.15) is 8.78 Å². The van der Waals surface area contributed by atoms with Crippen LogP contribution in [0.5, 0.6) is 5.88 Å². The Morgan fingerprint density at radius 2 is 2.15 bits per heavy atom. The summed E-state index contributed by atoms with van der Waals surface area (Å²) >= 11 is 5.46. The van der Waals surface area contributed by atoms with E-state index in [4.69, 9.17) is 11.6 Å². The van der Waals surface area contributed by atoms with Gasteiger partial charge in [-0.3, -0.25) is 0 Å². The number of pyridine rings is 1. The lowest BCUT2D eigenvalue weighted by atomic mass is 10.3. The zero-order chi connectivity index (χ0) is 8.97. The molecule has 1 aromatic rings. The van der Waals surface area contributed by atoms with Crippen LogP contribution in [0.1, 0.15) is 5.56 Å². The highest BCUT2D eigenvalue weighted by atomic mass is 35.5. The van der Waals surface area contributed by atoms with Crippen molar-refractivity contribution in [2.24, 2.45) is 0 Å². The van der Waals surface area contributed by atoms with Gasteiger partial charge in [-0.15, -0.1) is 24.0 Å². The maximum Gasteiger partial charge on any atom is 0.388 e. The second kappa shape index (κ2) is 5.94. The molecule has 6 heteroatoms. The summed E-state index contributed by atoms with van der Waals surface area (Å²) in [5.74, 6) is 0.209. The smallest absolute Gasteiger partial charge is 0.388 e. The Balaban J connectivity index is 0.00000144. The first kappa shape index (κ1) is 12.4. The van der Waals surface area contributed by atoms with Crippen molar-refractivity contribution in [1.82, 2.24) is 4.98 Å². The third-order valence-corrected chi connectivity index (χ3v) is 1.47. The van der Waals surface area contributed by atoms with E-state index in [0.717, 1.165) is 5.56 Å². The van der Waals surface area contributed by atoms with Gasteiger partial charge in [0.05, 0.1) is 0 Å². The van der Waals surface area contributed by atoms with Crippen LogP contribution < -0.4 is 4.74 Å². The fourth-order valence-corrected chi connectivity index (χ4v) is 0.809. The lowest BCUT2D eigenvalue weighted by Crippen LogP contribution is -2.03. The van der Waals surface area contributed by atoms with E-state index >= 15 is 0 Å². The molecule has 2 nitrogen and oxygen atoms in total. The van der Waals surface area contributed by atoms with Gasteiger partial charge in [-0.05, 0) is 5.56 Å². The Kier molecular flexibility index (Phi) is 5.66. The molecule has 1 rings (SSSR count). The van der Waals surface area contributed by atoms with Crippen LogP contribution in [0.2, 0.25) is 0 Å². The minimum atomic E-state index is -2.83. The number of hydrogen-bond acceptors (Lipinski definition) is 2. The molecule has 0 atom stereocenters. The number of ether oxygens (including phenoxy) is 1. The fourth-order valence-electron chi connectivity index (χ4n) is 0.651. The lowest BCUT2D eigenvalue weighted by molar-refractivity contribution is -0.0528. The van der Waals surface area contributed by atoms with Crippen molar-refractivity contribution in [2.75, 3.05) is 0 Å². The molecular formula is C7H7Cl2F2NO. The third kappa shape index (κ3) is 4.24. The molecule has 0 aliphatic carbocycles. The minimum absolute atomic E-state index is 0.